The predicted molar refractivity (Wildman–Crippen MR) is 90.8 cm³/mol. The molecule has 0 saturated carbocycles. The van der Waals surface area contributed by atoms with Gasteiger partial charge in [0.15, 0.2) is 5.75 Å². The van der Waals surface area contributed by atoms with E-state index in [1.165, 1.54) is 22.9 Å². The van der Waals surface area contributed by atoms with E-state index in [0.717, 1.165) is 5.56 Å². The number of nitrogens with zero attached hydrogens (tertiary/aromatic N) is 2. The Hall–Kier alpha value is -2.66. The van der Waals surface area contributed by atoms with Crippen LogP contribution >= 0.6 is 11.6 Å². The van der Waals surface area contributed by atoms with E-state index >= 15 is 0 Å². The van der Waals surface area contributed by atoms with Gasteiger partial charge in [-0.25, -0.2) is 9.07 Å². The summed E-state index contributed by atoms with van der Waals surface area (Å²) in [5.74, 6) is -1.04. The van der Waals surface area contributed by atoms with Crippen molar-refractivity contribution < 1.29 is 9.50 Å². The van der Waals surface area contributed by atoms with E-state index in [-0.39, 0.29) is 34.1 Å². The molecule has 0 saturated heterocycles. The molecule has 1 N–H and O–H groups in total. The van der Waals surface area contributed by atoms with Gasteiger partial charge in [-0.15, -0.1) is 0 Å². The van der Waals surface area contributed by atoms with Gasteiger partial charge < -0.3 is 5.11 Å². The highest BCUT2D eigenvalue weighted by atomic mass is 35.5. The van der Waals surface area contributed by atoms with Crippen LogP contribution in [0.3, 0.4) is 0 Å². The maximum atomic E-state index is 14.2. The molecule has 0 radical (unpaired) electrons. The Morgan fingerprint density at radius 1 is 1.12 bits per heavy atom. The molecule has 24 heavy (non-hydrogen) atoms. The maximum absolute atomic E-state index is 14.2. The zero-order valence-corrected chi connectivity index (χ0v) is 13.6. The quantitative estimate of drug-likeness (QED) is 0.787. The molecule has 3 aromatic rings. The van der Waals surface area contributed by atoms with Gasteiger partial charge in [0.1, 0.15) is 11.5 Å². The number of rotatable bonds is 3. The summed E-state index contributed by atoms with van der Waals surface area (Å²) >= 11 is 6.05. The van der Waals surface area contributed by atoms with Crippen molar-refractivity contribution in [1.29, 1.82) is 0 Å². The molecule has 0 atom stereocenters. The SMILES string of the molecule is Cc1nn(Cc2ccccc2)c(=O)c(-c2c(F)cccc2Cl)c1O. The van der Waals surface area contributed by atoms with Crippen molar-refractivity contribution in [2.45, 2.75) is 13.5 Å². The summed E-state index contributed by atoms with van der Waals surface area (Å²) in [5.41, 5.74) is 0.187. The van der Waals surface area contributed by atoms with Crippen molar-refractivity contribution in [3.8, 4) is 16.9 Å². The van der Waals surface area contributed by atoms with Crippen LogP contribution in [0.5, 0.6) is 5.75 Å². The van der Waals surface area contributed by atoms with E-state index in [2.05, 4.69) is 5.10 Å². The minimum atomic E-state index is -0.674. The van der Waals surface area contributed by atoms with Gasteiger partial charge in [0.2, 0.25) is 0 Å². The Balaban J connectivity index is 2.22. The topological polar surface area (TPSA) is 55.1 Å². The second kappa shape index (κ2) is 6.45. The normalized spacial score (nSPS) is 10.8. The summed E-state index contributed by atoms with van der Waals surface area (Å²) in [5, 5.41) is 14.4. The Bertz CT molecular complexity index is 935. The molecular formula is C18H14ClFN2O2. The Labute approximate surface area is 142 Å². The molecule has 3 rings (SSSR count). The Kier molecular flexibility index (Phi) is 4.36. The maximum Gasteiger partial charge on any atom is 0.278 e. The van der Waals surface area contributed by atoms with Crippen molar-refractivity contribution >= 4 is 11.6 Å². The molecule has 0 aliphatic rings. The fourth-order valence-corrected chi connectivity index (χ4v) is 2.77. The monoisotopic (exact) mass is 344 g/mol. The Morgan fingerprint density at radius 2 is 1.83 bits per heavy atom. The van der Waals surface area contributed by atoms with Crippen LogP contribution in [-0.2, 0) is 6.54 Å². The molecule has 0 fully saturated rings. The molecular weight excluding hydrogens is 331 g/mol. The van der Waals surface area contributed by atoms with Crippen LogP contribution in [0.15, 0.2) is 53.3 Å². The van der Waals surface area contributed by atoms with Gasteiger partial charge in [-0.1, -0.05) is 48.0 Å². The minimum Gasteiger partial charge on any atom is -0.505 e. The number of aromatic hydroxyl groups is 1. The van der Waals surface area contributed by atoms with Crippen molar-refractivity contribution in [3.63, 3.8) is 0 Å². The zero-order valence-electron chi connectivity index (χ0n) is 12.8. The Morgan fingerprint density at radius 3 is 2.50 bits per heavy atom. The van der Waals surface area contributed by atoms with Crippen LogP contribution in [0.25, 0.3) is 11.1 Å². The van der Waals surface area contributed by atoms with Crippen LogP contribution < -0.4 is 5.56 Å². The molecule has 122 valence electrons. The fraction of sp³-hybridized carbons (Fsp3) is 0.111. The molecule has 2 aromatic carbocycles. The molecule has 0 unspecified atom stereocenters. The largest absolute Gasteiger partial charge is 0.505 e. The van der Waals surface area contributed by atoms with E-state index in [1.54, 1.807) is 6.92 Å². The zero-order chi connectivity index (χ0) is 17.3. The third-order valence-electron chi connectivity index (χ3n) is 3.69. The summed E-state index contributed by atoms with van der Waals surface area (Å²) in [7, 11) is 0. The molecule has 1 aromatic heterocycles. The van der Waals surface area contributed by atoms with E-state index in [0.29, 0.717) is 0 Å². The van der Waals surface area contributed by atoms with E-state index in [9.17, 15) is 14.3 Å². The number of halogens is 2. The van der Waals surface area contributed by atoms with Crippen LogP contribution in [0.2, 0.25) is 5.02 Å². The van der Waals surface area contributed by atoms with Gasteiger partial charge in [0, 0.05) is 5.56 Å². The molecule has 6 heteroatoms. The first-order valence-corrected chi connectivity index (χ1v) is 7.66. The lowest BCUT2D eigenvalue weighted by molar-refractivity contribution is 0.457. The first kappa shape index (κ1) is 16.2. The van der Waals surface area contributed by atoms with E-state index < -0.39 is 11.4 Å². The smallest absolute Gasteiger partial charge is 0.278 e. The average molecular weight is 345 g/mol. The second-order valence-corrected chi connectivity index (χ2v) is 5.76. The number of aromatic nitrogens is 2. The third kappa shape index (κ3) is 2.90. The lowest BCUT2D eigenvalue weighted by Crippen LogP contribution is -2.26. The van der Waals surface area contributed by atoms with Gasteiger partial charge in [0.25, 0.3) is 5.56 Å². The summed E-state index contributed by atoms with van der Waals surface area (Å²) in [6.45, 7) is 1.76. The van der Waals surface area contributed by atoms with Gasteiger partial charge in [-0.2, -0.15) is 5.10 Å². The highest BCUT2D eigenvalue weighted by Gasteiger charge is 2.21. The van der Waals surface area contributed by atoms with E-state index in [1.807, 2.05) is 30.3 Å². The lowest BCUT2D eigenvalue weighted by atomic mass is 10.0. The van der Waals surface area contributed by atoms with Gasteiger partial charge in [0.05, 0.1) is 17.1 Å². The molecule has 0 amide bonds. The van der Waals surface area contributed by atoms with Crippen molar-refractivity contribution in [1.82, 2.24) is 9.78 Å². The third-order valence-corrected chi connectivity index (χ3v) is 4.00. The van der Waals surface area contributed by atoms with Crippen LogP contribution in [0, 0.1) is 12.7 Å². The lowest BCUT2D eigenvalue weighted by Gasteiger charge is -2.13. The number of hydrogen-bond acceptors (Lipinski definition) is 3. The molecule has 1 heterocycles. The summed E-state index contributed by atoms with van der Waals surface area (Å²) in [4.78, 5) is 12.8. The van der Waals surface area contributed by atoms with E-state index in [4.69, 9.17) is 11.6 Å². The van der Waals surface area contributed by atoms with Crippen molar-refractivity contribution in [2.24, 2.45) is 0 Å². The average Bonchev–Trinajstić information content (AvgIpc) is 2.56. The molecule has 0 bridgehead atoms. The number of benzene rings is 2. The van der Waals surface area contributed by atoms with Gasteiger partial charge in [-0.05, 0) is 24.6 Å². The van der Waals surface area contributed by atoms with Gasteiger partial charge >= 0.3 is 0 Å². The first-order valence-electron chi connectivity index (χ1n) is 7.28. The summed E-state index contributed by atoms with van der Waals surface area (Å²) in [6, 6.07) is 13.4. The standard InChI is InChI=1S/C18H14ClFN2O2/c1-11-17(23)16(15-13(19)8-5-9-14(15)20)18(24)22(21-11)10-12-6-3-2-4-7-12/h2-9,23H,10H2,1H3. The second-order valence-electron chi connectivity index (χ2n) is 5.35. The number of aryl methyl sites for hydroxylation is 1. The number of hydrogen-bond donors (Lipinski definition) is 1. The molecule has 4 nitrogen and oxygen atoms in total. The predicted octanol–water partition coefficient (Wildman–Crippen LogP) is 3.77. The van der Waals surface area contributed by atoms with Crippen LogP contribution in [-0.4, -0.2) is 14.9 Å². The van der Waals surface area contributed by atoms with Crippen molar-refractivity contribution in [3.05, 3.63) is 81.0 Å². The van der Waals surface area contributed by atoms with Crippen LogP contribution in [0.1, 0.15) is 11.3 Å². The highest BCUT2D eigenvalue weighted by Crippen LogP contribution is 2.34. The highest BCUT2D eigenvalue weighted by molar-refractivity contribution is 6.33. The molecule has 0 aliphatic heterocycles. The first-order chi connectivity index (χ1) is 11.5. The van der Waals surface area contributed by atoms with Gasteiger partial charge in [-0.3, -0.25) is 4.79 Å². The van der Waals surface area contributed by atoms with Crippen molar-refractivity contribution in [2.75, 3.05) is 0 Å². The minimum absolute atomic E-state index is 0.0549. The molecule has 0 spiro atoms. The van der Waals surface area contributed by atoms with Crippen LogP contribution in [0.4, 0.5) is 4.39 Å². The molecule has 0 aliphatic carbocycles. The summed E-state index contributed by atoms with van der Waals surface area (Å²) < 4.78 is 15.4. The fourth-order valence-electron chi connectivity index (χ4n) is 2.51. The summed E-state index contributed by atoms with van der Waals surface area (Å²) in [6.07, 6.45) is 0.